The number of nitrogens with one attached hydrogen (secondary N) is 2. The van der Waals surface area contributed by atoms with Gasteiger partial charge in [-0.25, -0.2) is 9.97 Å². The molecule has 0 unspecified atom stereocenters. The summed E-state index contributed by atoms with van der Waals surface area (Å²) in [5, 5.41) is 6.58. The number of anilines is 4. The lowest BCUT2D eigenvalue weighted by atomic mass is 10.2. The first kappa shape index (κ1) is 19.0. The van der Waals surface area contributed by atoms with E-state index in [1.54, 1.807) is 6.33 Å². The summed E-state index contributed by atoms with van der Waals surface area (Å²) in [5.41, 5.74) is 2.20. The van der Waals surface area contributed by atoms with Crippen molar-refractivity contribution in [2.24, 2.45) is 0 Å². The largest absolute Gasteiger partial charge is 0.492 e. The van der Waals surface area contributed by atoms with Crippen LogP contribution in [0.3, 0.4) is 0 Å². The SMILES string of the molecule is c1ccc(OCCNc2cc(Nc3ccc(N4CCOCC4)cc3)ncn2)cc1. The molecule has 0 bridgehead atoms. The minimum absolute atomic E-state index is 0.555. The molecule has 1 saturated heterocycles. The maximum absolute atomic E-state index is 5.68. The third-order valence-electron chi connectivity index (χ3n) is 4.60. The number of benzene rings is 2. The van der Waals surface area contributed by atoms with E-state index in [-0.39, 0.29) is 0 Å². The highest BCUT2D eigenvalue weighted by molar-refractivity contribution is 5.62. The van der Waals surface area contributed by atoms with Crippen LogP contribution in [0.15, 0.2) is 67.0 Å². The quantitative estimate of drug-likeness (QED) is 0.569. The highest BCUT2D eigenvalue weighted by Gasteiger charge is 2.10. The van der Waals surface area contributed by atoms with Crippen LogP contribution in [-0.2, 0) is 4.74 Å². The Balaban J connectivity index is 1.28. The van der Waals surface area contributed by atoms with Crippen molar-refractivity contribution in [1.29, 1.82) is 0 Å². The first-order chi connectivity index (χ1) is 14.4. The molecule has 1 aromatic heterocycles. The van der Waals surface area contributed by atoms with E-state index in [1.165, 1.54) is 5.69 Å². The maximum Gasteiger partial charge on any atom is 0.135 e. The lowest BCUT2D eigenvalue weighted by Gasteiger charge is -2.28. The van der Waals surface area contributed by atoms with Crippen LogP contribution in [0.5, 0.6) is 5.75 Å². The highest BCUT2D eigenvalue weighted by Crippen LogP contribution is 2.21. The Labute approximate surface area is 170 Å². The Morgan fingerprint density at radius 1 is 0.931 bits per heavy atom. The number of rotatable bonds is 8. The van der Waals surface area contributed by atoms with Crippen molar-refractivity contribution in [1.82, 2.24) is 9.97 Å². The van der Waals surface area contributed by atoms with Gasteiger partial charge in [-0.05, 0) is 36.4 Å². The Bertz CT molecular complexity index is 883. The number of hydrogen-bond donors (Lipinski definition) is 2. The number of ether oxygens (including phenoxy) is 2. The summed E-state index contributed by atoms with van der Waals surface area (Å²) in [6.07, 6.45) is 1.55. The molecule has 7 heteroatoms. The van der Waals surface area contributed by atoms with Gasteiger partial charge in [-0.1, -0.05) is 18.2 Å². The van der Waals surface area contributed by atoms with Crippen LogP contribution < -0.4 is 20.3 Å². The van der Waals surface area contributed by atoms with Gasteiger partial charge in [0.15, 0.2) is 0 Å². The Hall–Kier alpha value is -3.32. The highest BCUT2D eigenvalue weighted by atomic mass is 16.5. The van der Waals surface area contributed by atoms with Gasteiger partial charge in [0.25, 0.3) is 0 Å². The van der Waals surface area contributed by atoms with E-state index < -0.39 is 0 Å². The van der Waals surface area contributed by atoms with E-state index in [0.717, 1.165) is 49.4 Å². The molecule has 2 heterocycles. The third kappa shape index (κ3) is 5.58. The lowest BCUT2D eigenvalue weighted by molar-refractivity contribution is 0.122. The smallest absolute Gasteiger partial charge is 0.135 e. The van der Waals surface area contributed by atoms with Gasteiger partial charge in [0, 0.05) is 30.5 Å². The molecule has 0 aliphatic carbocycles. The van der Waals surface area contributed by atoms with E-state index in [1.807, 2.05) is 36.4 Å². The average Bonchev–Trinajstić information content (AvgIpc) is 2.79. The van der Waals surface area contributed by atoms with E-state index >= 15 is 0 Å². The molecule has 29 heavy (non-hydrogen) atoms. The molecule has 1 aliphatic rings. The summed E-state index contributed by atoms with van der Waals surface area (Å²) >= 11 is 0. The van der Waals surface area contributed by atoms with Gasteiger partial charge in [0.1, 0.15) is 30.3 Å². The maximum atomic E-state index is 5.68. The van der Waals surface area contributed by atoms with Crippen molar-refractivity contribution in [3.05, 3.63) is 67.0 Å². The lowest BCUT2D eigenvalue weighted by Crippen LogP contribution is -2.36. The molecular formula is C22H25N5O2. The van der Waals surface area contributed by atoms with Gasteiger partial charge in [0.05, 0.1) is 19.8 Å². The molecule has 0 saturated carbocycles. The number of hydrogen-bond acceptors (Lipinski definition) is 7. The molecule has 1 fully saturated rings. The predicted molar refractivity (Wildman–Crippen MR) is 115 cm³/mol. The summed E-state index contributed by atoms with van der Waals surface area (Å²) in [6.45, 7) is 4.64. The molecule has 4 rings (SSSR count). The first-order valence-corrected chi connectivity index (χ1v) is 9.80. The van der Waals surface area contributed by atoms with Crippen LogP contribution in [-0.4, -0.2) is 49.4 Å². The van der Waals surface area contributed by atoms with Crippen LogP contribution >= 0.6 is 0 Å². The molecule has 2 aromatic carbocycles. The Kier molecular flexibility index (Phi) is 6.39. The Morgan fingerprint density at radius 2 is 1.69 bits per heavy atom. The summed E-state index contributed by atoms with van der Waals surface area (Å²) in [7, 11) is 0. The molecule has 2 N–H and O–H groups in total. The molecule has 3 aromatic rings. The van der Waals surface area contributed by atoms with Gasteiger partial charge in [-0.15, -0.1) is 0 Å². The minimum Gasteiger partial charge on any atom is -0.492 e. The second-order valence-corrected chi connectivity index (χ2v) is 6.65. The minimum atomic E-state index is 0.555. The van der Waals surface area contributed by atoms with Crippen molar-refractivity contribution in [2.75, 3.05) is 55.0 Å². The fourth-order valence-electron chi connectivity index (χ4n) is 3.11. The second-order valence-electron chi connectivity index (χ2n) is 6.65. The summed E-state index contributed by atoms with van der Waals surface area (Å²) in [6, 6.07) is 20.0. The number of nitrogens with zero attached hydrogens (tertiary/aromatic N) is 3. The molecule has 0 amide bonds. The van der Waals surface area contributed by atoms with Crippen molar-refractivity contribution in [3.63, 3.8) is 0 Å². The third-order valence-corrected chi connectivity index (χ3v) is 4.60. The number of morpholine rings is 1. The topological polar surface area (TPSA) is 71.5 Å². The van der Waals surface area contributed by atoms with Gasteiger partial charge in [-0.2, -0.15) is 0 Å². The van der Waals surface area contributed by atoms with E-state index in [0.29, 0.717) is 13.2 Å². The van der Waals surface area contributed by atoms with Gasteiger partial charge >= 0.3 is 0 Å². The van der Waals surface area contributed by atoms with E-state index in [4.69, 9.17) is 9.47 Å². The zero-order valence-electron chi connectivity index (χ0n) is 16.3. The van der Waals surface area contributed by atoms with E-state index in [9.17, 15) is 0 Å². The van der Waals surface area contributed by atoms with Crippen molar-refractivity contribution in [3.8, 4) is 5.75 Å². The van der Waals surface area contributed by atoms with Crippen LogP contribution in [0, 0.1) is 0 Å². The van der Waals surface area contributed by atoms with Crippen LogP contribution in [0.4, 0.5) is 23.0 Å². The zero-order chi connectivity index (χ0) is 19.7. The number of para-hydroxylation sites is 1. The van der Waals surface area contributed by atoms with Crippen molar-refractivity contribution >= 4 is 23.0 Å². The normalized spacial score (nSPS) is 13.7. The van der Waals surface area contributed by atoms with Crippen molar-refractivity contribution < 1.29 is 9.47 Å². The molecule has 150 valence electrons. The standard InChI is InChI=1S/C22H25N5O2/c1-2-4-20(5-3-1)29-13-10-23-21-16-22(25-17-24-21)26-18-6-8-19(9-7-18)27-11-14-28-15-12-27/h1-9,16-17H,10-15H2,(H2,23,24,25,26). The van der Waals surface area contributed by atoms with Crippen LogP contribution in [0.2, 0.25) is 0 Å². The Morgan fingerprint density at radius 3 is 2.48 bits per heavy atom. The van der Waals surface area contributed by atoms with Crippen LogP contribution in [0.1, 0.15) is 0 Å². The zero-order valence-corrected chi connectivity index (χ0v) is 16.3. The second kappa shape index (κ2) is 9.75. The fraction of sp³-hybridized carbons (Fsp3) is 0.273. The monoisotopic (exact) mass is 391 g/mol. The molecule has 1 aliphatic heterocycles. The summed E-state index contributed by atoms with van der Waals surface area (Å²) < 4.78 is 11.1. The number of aromatic nitrogens is 2. The van der Waals surface area contributed by atoms with Gasteiger partial charge in [0.2, 0.25) is 0 Å². The molecule has 7 nitrogen and oxygen atoms in total. The molecule has 0 atom stereocenters. The fourth-order valence-corrected chi connectivity index (χ4v) is 3.11. The molecule has 0 radical (unpaired) electrons. The van der Waals surface area contributed by atoms with Gasteiger partial charge in [-0.3, -0.25) is 0 Å². The molecular weight excluding hydrogens is 366 g/mol. The van der Waals surface area contributed by atoms with E-state index in [2.05, 4.69) is 49.8 Å². The van der Waals surface area contributed by atoms with Crippen molar-refractivity contribution in [2.45, 2.75) is 0 Å². The first-order valence-electron chi connectivity index (χ1n) is 9.80. The van der Waals surface area contributed by atoms with Crippen LogP contribution in [0.25, 0.3) is 0 Å². The summed E-state index contributed by atoms with van der Waals surface area (Å²) in [5.74, 6) is 2.36. The average molecular weight is 391 g/mol. The van der Waals surface area contributed by atoms with Gasteiger partial charge < -0.3 is 25.0 Å². The summed E-state index contributed by atoms with van der Waals surface area (Å²) in [4.78, 5) is 10.9. The molecule has 0 spiro atoms. The predicted octanol–water partition coefficient (Wildman–Crippen LogP) is 3.55.